The summed E-state index contributed by atoms with van der Waals surface area (Å²) in [5, 5.41) is 3.24. The van der Waals surface area contributed by atoms with Crippen molar-refractivity contribution in [1.29, 1.82) is 0 Å². The maximum atomic E-state index is 5.48. The number of nitrogens with two attached hydrogens (primary N) is 1. The van der Waals surface area contributed by atoms with Crippen LogP contribution in [0.25, 0.3) is 0 Å². The van der Waals surface area contributed by atoms with E-state index >= 15 is 0 Å². The molecule has 90 valence electrons. The van der Waals surface area contributed by atoms with Gasteiger partial charge in [-0.25, -0.2) is 9.97 Å². The fraction of sp³-hybridized carbons (Fsp3) is 0.636. The number of anilines is 2. The first-order valence-corrected chi connectivity index (χ1v) is 5.75. The first kappa shape index (κ1) is 12.7. The number of rotatable bonds is 7. The first-order valence-electron chi connectivity index (χ1n) is 5.75. The van der Waals surface area contributed by atoms with Crippen LogP contribution in [0, 0.1) is 0 Å². The topological polar surface area (TPSA) is 67.1 Å². The van der Waals surface area contributed by atoms with Crippen LogP contribution in [0.4, 0.5) is 11.6 Å². The molecule has 0 saturated carbocycles. The van der Waals surface area contributed by atoms with E-state index in [2.05, 4.69) is 27.1 Å². The Hall–Kier alpha value is -1.36. The minimum absolute atomic E-state index is 0.705. The Morgan fingerprint density at radius 1 is 1.44 bits per heavy atom. The Kier molecular flexibility index (Phi) is 5.56. The van der Waals surface area contributed by atoms with Gasteiger partial charge in [0.1, 0.15) is 18.0 Å². The second-order valence-electron chi connectivity index (χ2n) is 3.75. The lowest BCUT2D eigenvalue weighted by molar-refractivity contribution is 0.785. The van der Waals surface area contributed by atoms with E-state index in [1.807, 2.05) is 13.1 Å². The third-order valence-corrected chi connectivity index (χ3v) is 2.30. The molecule has 3 N–H and O–H groups in total. The van der Waals surface area contributed by atoms with Crippen LogP contribution in [0.2, 0.25) is 0 Å². The van der Waals surface area contributed by atoms with E-state index in [1.165, 1.54) is 0 Å². The van der Waals surface area contributed by atoms with Gasteiger partial charge in [-0.2, -0.15) is 0 Å². The predicted molar refractivity (Wildman–Crippen MR) is 67.8 cm³/mol. The minimum atomic E-state index is 0.705. The molecule has 0 radical (unpaired) electrons. The molecule has 1 aromatic heterocycles. The Bertz CT molecular complexity index is 302. The van der Waals surface area contributed by atoms with Crippen LogP contribution < -0.4 is 16.0 Å². The molecule has 0 fully saturated rings. The van der Waals surface area contributed by atoms with Crippen molar-refractivity contribution >= 4 is 11.6 Å². The summed E-state index contributed by atoms with van der Waals surface area (Å²) in [7, 11) is 2.02. The normalized spacial score (nSPS) is 10.2. The number of hydrogen-bond donors (Lipinski definition) is 2. The van der Waals surface area contributed by atoms with Crippen molar-refractivity contribution in [3.05, 3.63) is 12.4 Å². The van der Waals surface area contributed by atoms with Crippen LogP contribution in [-0.4, -0.2) is 36.6 Å². The molecule has 0 amide bonds. The highest BCUT2D eigenvalue weighted by Gasteiger charge is 2.03. The third kappa shape index (κ3) is 4.02. The molecule has 0 aliphatic carbocycles. The number of nitrogens with zero attached hydrogens (tertiary/aromatic N) is 3. The average molecular weight is 223 g/mol. The van der Waals surface area contributed by atoms with Crippen molar-refractivity contribution in [2.24, 2.45) is 5.73 Å². The van der Waals surface area contributed by atoms with Gasteiger partial charge in [-0.1, -0.05) is 6.92 Å². The van der Waals surface area contributed by atoms with Crippen LogP contribution in [0.5, 0.6) is 0 Å². The second-order valence-corrected chi connectivity index (χ2v) is 3.75. The van der Waals surface area contributed by atoms with Gasteiger partial charge in [0, 0.05) is 26.2 Å². The molecule has 0 aromatic carbocycles. The largest absolute Gasteiger partial charge is 0.370 e. The molecule has 5 heteroatoms. The van der Waals surface area contributed by atoms with Gasteiger partial charge in [-0.05, 0) is 19.4 Å². The van der Waals surface area contributed by atoms with Gasteiger partial charge in [-0.3, -0.25) is 0 Å². The van der Waals surface area contributed by atoms with E-state index in [9.17, 15) is 0 Å². The van der Waals surface area contributed by atoms with Gasteiger partial charge < -0.3 is 16.0 Å². The SMILES string of the molecule is CCCNc1cc(N(C)CCCN)ncn1. The predicted octanol–water partition coefficient (Wildman–Crippen LogP) is 1.08. The van der Waals surface area contributed by atoms with E-state index in [-0.39, 0.29) is 0 Å². The maximum absolute atomic E-state index is 5.48. The lowest BCUT2D eigenvalue weighted by Gasteiger charge is -2.17. The molecule has 0 saturated heterocycles. The van der Waals surface area contributed by atoms with Crippen molar-refractivity contribution in [3.63, 3.8) is 0 Å². The molecule has 16 heavy (non-hydrogen) atoms. The molecule has 0 atom stereocenters. The molecular weight excluding hydrogens is 202 g/mol. The zero-order valence-corrected chi connectivity index (χ0v) is 10.1. The van der Waals surface area contributed by atoms with Gasteiger partial charge in [-0.15, -0.1) is 0 Å². The highest BCUT2D eigenvalue weighted by Crippen LogP contribution is 2.12. The second kappa shape index (κ2) is 7.00. The van der Waals surface area contributed by atoms with Crippen LogP contribution in [0.15, 0.2) is 12.4 Å². The molecule has 0 aliphatic heterocycles. The lowest BCUT2D eigenvalue weighted by Crippen LogP contribution is -2.22. The summed E-state index contributed by atoms with van der Waals surface area (Å²) in [5.41, 5.74) is 5.48. The Morgan fingerprint density at radius 2 is 2.25 bits per heavy atom. The molecule has 0 aliphatic rings. The van der Waals surface area contributed by atoms with Gasteiger partial charge >= 0.3 is 0 Å². The molecule has 1 aromatic rings. The highest BCUT2D eigenvalue weighted by molar-refractivity contribution is 5.47. The van der Waals surface area contributed by atoms with Crippen LogP contribution >= 0.6 is 0 Å². The standard InChI is InChI=1S/C11H21N5/c1-3-6-13-10-8-11(15-9-14-10)16(2)7-4-5-12/h8-9H,3-7,12H2,1-2H3,(H,13,14,15). The molecule has 1 heterocycles. The van der Waals surface area contributed by atoms with E-state index in [1.54, 1.807) is 6.33 Å². The molecule has 5 nitrogen and oxygen atoms in total. The summed E-state index contributed by atoms with van der Waals surface area (Å²) in [6.45, 7) is 4.68. The van der Waals surface area contributed by atoms with E-state index in [4.69, 9.17) is 5.73 Å². The number of nitrogens with one attached hydrogen (secondary N) is 1. The van der Waals surface area contributed by atoms with Crippen LogP contribution in [0.1, 0.15) is 19.8 Å². The number of aromatic nitrogens is 2. The smallest absolute Gasteiger partial charge is 0.133 e. The summed E-state index contributed by atoms with van der Waals surface area (Å²) in [5.74, 6) is 1.81. The van der Waals surface area contributed by atoms with Gasteiger partial charge in [0.2, 0.25) is 0 Å². The molecule has 0 spiro atoms. The third-order valence-electron chi connectivity index (χ3n) is 2.30. The monoisotopic (exact) mass is 223 g/mol. The number of hydrogen-bond acceptors (Lipinski definition) is 5. The summed E-state index contributed by atoms with van der Waals surface area (Å²) in [4.78, 5) is 10.5. The van der Waals surface area contributed by atoms with Crippen molar-refractivity contribution in [3.8, 4) is 0 Å². The Morgan fingerprint density at radius 3 is 2.94 bits per heavy atom. The summed E-state index contributed by atoms with van der Waals surface area (Å²) < 4.78 is 0. The van der Waals surface area contributed by atoms with Gasteiger partial charge in [0.15, 0.2) is 0 Å². The zero-order chi connectivity index (χ0) is 11.8. The fourth-order valence-electron chi connectivity index (χ4n) is 1.35. The van der Waals surface area contributed by atoms with Crippen molar-refractivity contribution < 1.29 is 0 Å². The average Bonchev–Trinajstić information content (AvgIpc) is 2.33. The summed E-state index contributed by atoms with van der Waals surface area (Å²) in [6, 6.07) is 1.96. The quantitative estimate of drug-likeness (QED) is 0.724. The van der Waals surface area contributed by atoms with Crippen LogP contribution in [-0.2, 0) is 0 Å². The van der Waals surface area contributed by atoms with Gasteiger partial charge in [0.25, 0.3) is 0 Å². The molecule has 0 bridgehead atoms. The van der Waals surface area contributed by atoms with E-state index in [0.717, 1.165) is 37.6 Å². The molecular formula is C11H21N5. The van der Waals surface area contributed by atoms with Crippen molar-refractivity contribution in [2.75, 3.05) is 36.9 Å². The Balaban J connectivity index is 2.58. The first-order chi connectivity index (χ1) is 7.77. The van der Waals surface area contributed by atoms with Gasteiger partial charge in [0.05, 0.1) is 0 Å². The summed E-state index contributed by atoms with van der Waals surface area (Å²) in [6.07, 6.45) is 3.65. The minimum Gasteiger partial charge on any atom is -0.370 e. The van der Waals surface area contributed by atoms with E-state index in [0.29, 0.717) is 6.54 Å². The maximum Gasteiger partial charge on any atom is 0.133 e. The van der Waals surface area contributed by atoms with Crippen molar-refractivity contribution in [1.82, 2.24) is 9.97 Å². The summed E-state index contributed by atoms with van der Waals surface area (Å²) >= 11 is 0. The fourth-order valence-corrected chi connectivity index (χ4v) is 1.35. The lowest BCUT2D eigenvalue weighted by atomic mass is 10.4. The van der Waals surface area contributed by atoms with Crippen LogP contribution in [0.3, 0.4) is 0 Å². The Labute approximate surface area is 97.1 Å². The molecule has 1 rings (SSSR count). The highest BCUT2D eigenvalue weighted by atomic mass is 15.2. The zero-order valence-electron chi connectivity index (χ0n) is 10.1. The van der Waals surface area contributed by atoms with E-state index < -0.39 is 0 Å². The molecule has 0 unspecified atom stereocenters. The van der Waals surface area contributed by atoms with Crippen molar-refractivity contribution in [2.45, 2.75) is 19.8 Å².